The van der Waals surface area contributed by atoms with Gasteiger partial charge in [-0.25, -0.2) is 0 Å². The van der Waals surface area contributed by atoms with Crippen LogP contribution in [0.5, 0.6) is 0 Å². The van der Waals surface area contributed by atoms with E-state index in [0.717, 1.165) is 30.8 Å². The van der Waals surface area contributed by atoms with E-state index in [2.05, 4.69) is 10.4 Å². The van der Waals surface area contributed by atoms with Crippen molar-refractivity contribution >= 4 is 17.4 Å². The van der Waals surface area contributed by atoms with Gasteiger partial charge in [-0.3, -0.25) is 9.48 Å². The number of nitrogens with zero attached hydrogens (tertiary/aromatic N) is 2. The van der Waals surface area contributed by atoms with Crippen molar-refractivity contribution < 1.29 is 4.79 Å². The summed E-state index contributed by atoms with van der Waals surface area (Å²) in [5, 5.41) is 8.50. The monoisotopic (exact) mass is 297 g/mol. The number of carbonyl (C=O) groups is 1. The zero-order chi connectivity index (χ0) is 14.5. The Balaban J connectivity index is 1.86. The first-order valence-corrected chi connectivity index (χ1v) is 7.95. The predicted molar refractivity (Wildman–Crippen MR) is 81.2 cm³/mol. The smallest absolute Gasteiger partial charge is 0.138 e. The molecular weight excluding hydrogens is 274 g/mol. The van der Waals surface area contributed by atoms with Gasteiger partial charge in [0.15, 0.2) is 0 Å². The summed E-state index contributed by atoms with van der Waals surface area (Å²) >= 11 is 6.27. The van der Waals surface area contributed by atoms with E-state index < -0.39 is 0 Å². The van der Waals surface area contributed by atoms with E-state index in [1.54, 1.807) is 4.68 Å². The van der Waals surface area contributed by atoms with Gasteiger partial charge in [0.25, 0.3) is 0 Å². The quantitative estimate of drug-likeness (QED) is 0.878. The maximum atomic E-state index is 12.1. The fourth-order valence-corrected chi connectivity index (χ4v) is 3.15. The van der Waals surface area contributed by atoms with Crippen molar-refractivity contribution in [2.45, 2.75) is 57.9 Å². The van der Waals surface area contributed by atoms with E-state index in [0.29, 0.717) is 23.9 Å². The molecule has 1 fully saturated rings. The summed E-state index contributed by atoms with van der Waals surface area (Å²) in [5.41, 5.74) is 1.73. The van der Waals surface area contributed by atoms with Gasteiger partial charge >= 0.3 is 0 Å². The molecule has 4 nitrogen and oxygen atoms in total. The number of nitrogens with one attached hydrogen (secondary N) is 1. The Morgan fingerprint density at radius 1 is 1.50 bits per heavy atom. The van der Waals surface area contributed by atoms with Crippen LogP contribution in [-0.4, -0.2) is 28.2 Å². The first kappa shape index (κ1) is 15.5. The summed E-state index contributed by atoms with van der Waals surface area (Å²) in [6.45, 7) is 3.11. The highest BCUT2D eigenvalue weighted by Crippen LogP contribution is 2.22. The molecule has 1 N–H and O–H groups in total. The Kier molecular flexibility index (Phi) is 5.61. The van der Waals surface area contributed by atoms with Crippen LogP contribution in [0.1, 0.15) is 50.4 Å². The van der Waals surface area contributed by atoms with E-state index in [9.17, 15) is 4.79 Å². The number of Topliss-reactive ketones (excluding diaryl/α,β-unsaturated/α-hetero) is 1. The highest BCUT2D eigenvalue weighted by Gasteiger charge is 2.18. The van der Waals surface area contributed by atoms with Crippen molar-refractivity contribution in [3.63, 3.8) is 0 Å². The lowest BCUT2D eigenvalue weighted by Crippen LogP contribution is -2.34. The molecule has 20 heavy (non-hydrogen) atoms. The molecule has 0 aliphatic carbocycles. The minimum absolute atomic E-state index is 0.255. The number of hydrogen-bond donors (Lipinski definition) is 1. The molecule has 1 aromatic heterocycles. The minimum Gasteiger partial charge on any atom is -0.314 e. The van der Waals surface area contributed by atoms with Crippen molar-refractivity contribution in [3.8, 4) is 0 Å². The summed E-state index contributed by atoms with van der Waals surface area (Å²) in [5.74, 6) is 0.255. The van der Waals surface area contributed by atoms with Crippen LogP contribution < -0.4 is 5.32 Å². The predicted octanol–water partition coefficient (Wildman–Crippen LogP) is 2.67. The summed E-state index contributed by atoms with van der Waals surface area (Å²) < 4.78 is 1.75. The van der Waals surface area contributed by atoms with E-state index in [1.807, 2.05) is 14.0 Å². The van der Waals surface area contributed by atoms with Gasteiger partial charge in [-0.2, -0.15) is 5.10 Å². The van der Waals surface area contributed by atoms with E-state index in [1.165, 1.54) is 19.3 Å². The third-order valence-electron chi connectivity index (χ3n) is 4.05. The van der Waals surface area contributed by atoms with E-state index in [4.69, 9.17) is 11.6 Å². The van der Waals surface area contributed by atoms with Gasteiger partial charge in [0.1, 0.15) is 5.78 Å². The Morgan fingerprint density at radius 3 is 2.90 bits per heavy atom. The first-order valence-electron chi connectivity index (χ1n) is 7.57. The zero-order valence-electron chi connectivity index (χ0n) is 12.4. The third kappa shape index (κ3) is 3.83. The number of carbonyl (C=O) groups excluding carboxylic acids is 1. The SMILES string of the molecule is CCc1nn(C)c(CC(=O)CCC2CCCCN2)c1Cl. The molecule has 2 rings (SSSR count). The molecule has 0 amide bonds. The van der Waals surface area contributed by atoms with E-state index >= 15 is 0 Å². The number of aromatic nitrogens is 2. The summed E-state index contributed by atoms with van der Waals surface area (Å²) in [6, 6.07) is 0.515. The number of rotatable bonds is 6. The molecule has 1 aromatic rings. The van der Waals surface area contributed by atoms with Crippen molar-refractivity contribution in [2.75, 3.05) is 6.54 Å². The van der Waals surface area contributed by atoms with E-state index in [-0.39, 0.29) is 5.78 Å². The molecule has 1 unspecified atom stereocenters. The van der Waals surface area contributed by atoms with Crippen LogP contribution in [0.15, 0.2) is 0 Å². The topological polar surface area (TPSA) is 46.9 Å². The average Bonchev–Trinajstić information content (AvgIpc) is 2.73. The molecule has 2 heterocycles. The van der Waals surface area contributed by atoms with Crippen molar-refractivity contribution in [2.24, 2.45) is 7.05 Å². The van der Waals surface area contributed by atoms with Crippen LogP contribution in [0.2, 0.25) is 5.02 Å². The fraction of sp³-hybridized carbons (Fsp3) is 0.733. The number of halogens is 1. The average molecular weight is 298 g/mol. The molecule has 1 aliphatic heterocycles. The maximum absolute atomic E-state index is 12.1. The molecule has 0 radical (unpaired) electrons. The molecule has 112 valence electrons. The number of hydrogen-bond acceptors (Lipinski definition) is 3. The second kappa shape index (κ2) is 7.23. The second-order valence-corrected chi connectivity index (χ2v) is 5.96. The Bertz CT molecular complexity index is 464. The van der Waals surface area contributed by atoms with Crippen LogP contribution in [0, 0.1) is 0 Å². The highest BCUT2D eigenvalue weighted by atomic mass is 35.5. The van der Waals surface area contributed by atoms with Crippen LogP contribution in [0.25, 0.3) is 0 Å². The van der Waals surface area contributed by atoms with Crippen molar-refractivity contribution in [1.29, 1.82) is 0 Å². The molecule has 0 bridgehead atoms. The molecule has 5 heteroatoms. The largest absolute Gasteiger partial charge is 0.314 e. The van der Waals surface area contributed by atoms with Crippen LogP contribution in [0.3, 0.4) is 0 Å². The highest BCUT2D eigenvalue weighted by molar-refractivity contribution is 6.32. The maximum Gasteiger partial charge on any atom is 0.138 e. The minimum atomic E-state index is 0.255. The summed E-state index contributed by atoms with van der Waals surface area (Å²) in [4.78, 5) is 12.1. The van der Waals surface area contributed by atoms with Gasteiger partial charge in [-0.1, -0.05) is 24.9 Å². The first-order chi connectivity index (χ1) is 9.61. The van der Waals surface area contributed by atoms with Crippen LogP contribution in [-0.2, 0) is 24.7 Å². The van der Waals surface area contributed by atoms with Gasteiger partial charge in [0, 0.05) is 25.9 Å². The van der Waals surface area contributed by atoms with Crippen LogP contribution in [0.4, 0.5) is 0 Å². The molecule has 0 saturated carbocycles. The lowest BCUT2D eigenvalue weighted by molar-refractivity contribution is -0.118. The summed E-state index contributed by atoms with van der Waals surface area (Å²) in [6.07, 6.45) is 6.49. The van der Waals surface area contributed by atoms with Gasteiger partial charge in [0.05, 0.1) is 16.4 Å². The Labute approximate surface area is 125 Å². The number of aryl methyl sites for hydroxylation is 2. The van der Waals surface area contributed by atoms with Crippen LogP contribution >= 0.6 is 11.6 Å². The standard InChI is InChI=1S/C15H24ClN3O/c1-3-13-15(16)14(19(2)18-13)10-12(20)8-7-11-6-4-5-9-17-11/h11,17H,3-10H2,1-2H3. The lowest BCUT2D eigenvalue weighted by Gasteiger charge is -2.22. The van der Waals surface area contributed by atoms with Gasteiger partial charge in [0.2, 0.25) is 0 Å². The normalized spacial score (nSPS) is 19.2. The van der Waals surface area contributed by atoms with Gasteiger partial charge < -0.3 is 5.32 Å². The fourth-order valence-electron chi connectivity index (χ4n) is 2.79. The molecule has 0 spiro atoms. The lowest BCUT2D eigenvalue weighted by atomic mass is 9.98. The number of piperidine rings is 1. The summed E-state index contributed by atoms with van der Waals surface area (Å²) in [7, 11) is 1.86. The van der Waals surface area contributed by atoms with Crippen molar-refractivity contribution in [3.05, 3.63) is 16.4 Å². The Morgan fingerprint density at radius 2 is 2.30 bits per heavy atom. The Hall–Kier alpha value is -0.870. The number of ketones is 1. The third-order valence-corrected chi connectivity index (χ3v) is 4.49. The molecule has 1 saturated heterocycles. The van der Waals surface area contributed by atoms with Gasteiger partial charge in [-0.05, 0) is 32.2 Å². The molecule has 0 aromatic carbocycles. The second-order valence-electron chi connectivity index (χ2n) is 5.59. The molecular formula is C15H24ClN3O. The van der Waals surface area contributed by atoms with Crippen molar-refractivity contribution in [1.82, 2.24) is 15.1 Å². The molecule has 1 aliphatic rings. The van der Waals surface area contributed by atoms with Gasteiger partial charge in [-0.15, -0.1) is 0 Å². The molecule has 1 atom stereocenters. The zero-order valence-corrected chi connectivity index (χ0v) is 13.2.